The fraction of sp³-hybridized carbons (Fsp3) is 0.222. The van der Waals surface area contributed by atoms with Gasteiger partial charge in [0, 0.05) is 12.2 Å². The number of hydrogen-bond donors (Lipinski definition) is 3. The fourth-order valence-electron chi connectivity index (χ4n) is 2.68. The van der Waals surface area contributed by atoms with Crippen LogP contribution in [0.2, 0.25) is 0 Å². The molecule has 26 heavy (non-hydrogen) atoms. The number of anilines is 1. The third kappa shape index (κ3) is 4.09. The van der Waals surface area contributed by atoms with Gasteiger partial charge in [-0.1, -0.05) is 24.3 Å². The molecule has 2 amide bonds. The molecule has 1 aliphatic heterocycles. The highest BCUT2D eigenvalue weighted by atomic mass is 32.2. The Hall–Kier alpha value is -2.71. The average Bonchev–Trinajstić information content (AvgIpc) is 2.98. The molecule has 1 aliphatic rings. The Bertz CT molecular complexity index is 970. The third-order valence-electron chi connectivity index (χ3n) is 4.17. The summed E-state index contributed by atoms with van der Waals surface area (Å²) >= 11 is 0. The highest BCUT2D eigenvalue weighted by Gasteiger charge is 2.22. The third-order valence-corrected chi connectivity index (χ3v) is 5.57. The van der Waals surface area contributed by atoms with Gasteiger partial charge in [0.15, 0.2) is 0 Å². The van der Waals surface area contributed by atoms with Gasteiger partial charge in [-0.2, -0.15) is 0 Å². The molecule has 0 fully saturated rings. The van der Waals surface area contributed by atoms with Gasteiger partial charge in [0.25, 0.3) is 0 Å². The van der Waals surface area contributed by atoms with Gasteiger partial charge in [-0.25, -0.2) is 13.1 Å². The van der Waals surface area contributed by atoms with E-state index < -0.39 is 15.9 Å². The molecule has 0 atom stereocenters. The summed E-state index contributed by atoms with van der Waals surface area (Å²) in [5.74, 6) is -0.590. The summed E-state index contributed by atoms with van der Waals surface area (Å²) in [6, 6.07) is 12.0. The topological polar surface area (TPSA) is 104 Å². The van der Waals surface area contributed by atoms with Crippen LogP contribution in [0.15, 0.2) is 47.4 Å². The molecule has 8 heteroatoms. The molecule has 2 aromatic rings. The lowest BCUT2D eigenvalue weighted by Gasteiger charge is -2.10. The maximum atomic E-state index is 12.3. The van der Waals surface area contributed by atoms with Crippen molar-refractivity contribution in [1.82, 2.24) is 10.0 Å². The maximum Gasteiger partial charge on any atom is 0.241 e. The van der Waals surface area contributed by atoms with Crippen molar-refractivity contribution in [3.8, 4) is 0 Å². The lowest BCUT2D eigenvalue weighted by molar-refractivity contribution is -0.120. The summed E-state index contributed by atoms with van der Waals surface area (Å²) < 4.78 is 27.0. The SMILES string of the molecule is Cc1ccccc1CNC(=O)CNS(=O)(=O)c1ccc2c(c1)CC(=O)N2. The number of aryl methyl sites for hydroxylation is 1. The smallest absolute Gasteiger partial charge is 0.241 e. The van der Waals surface area contributed by atoms with Crippen LogP contribution < -0.4 is 15.4 Å². The van der Waals surface area contributed by atoms with Crippen LogP contribution >= 0.6 is 0 Å². The zero-order valence-electron chi connectivity index (χ0n) is 14.2. The molecule has 136 valence electrons. The van der Waals surface area contributed by atoms with Gasteiger partial charge in [0.1, 0.15) is 0 Å². The molecule has 0 aliphatic carbocycles. The molecule has 2 aromatic carbocycles. The van der Waals surface area contributed by atoms with Gasteiger partial charge in [-0.15, -0.1) is 0 Å². The van der Waals surface area contributed by atoms with Gasteiger partial charge in [0.05, 0.1) is 17.9 Å². The van der Waals surface area contributed by atoms with Crippen LogP contribution in [0.4, 0.5) is 5.69 Å². The van der Waals surface area contributed by atoms with Crippen molar-refractivity contribution in [2.75, 3.05) is 11.9 Å². The van der Waals surface area contributed by atoms with E-state index in [1.54, 1.807) is 6.07 Å². The van der Waals surface area contributed by atoms with E-state index in [4.69, 9.17) is 0 Å². The summed E-state index contributed by atoms with van der Waals surface area (Å²) in [5.41, 5.74) is 3.26. The first kappa shape index (κ1) is 18.1. The summed E-state index contributed by atoms with van der Waals surface area (Å²) in [6.07, 6.45) is 0.148. The van der Waals surface area contributed by atoms with Crippen molar-refractivity contribution >= 4 is 27.5 Å². The lowest BCUT2D eigenvalue weighted by atomic mass is 10.1. The first-order valence-electron chi connectivity index (χ1n) is 8.09. The Morgan fingerprint density at radius 2 is 1.96 bits per heavy atom. The summed E-state index contributed by atoms with van der Waals surface area (Å²) in [7, 11) is -3.84. The predicted octanol–water partition coefficient (Wildman–Crippen LogP) is 1.08. The Morgan fingerprint density at radius 3 is 2.73 bits per heavy atom. The monoisotopic (exact) mass is 373 g/mol. The molecule has 3 N–H and O–H groups in total. The highest BCUT2D eigenvalue weighted by molar-refractivity contribution is 7.89. The normalized spacial score (nSPS) is 13.2. The molecule has 0 saturated heterocycles. The minimum Gasteiger partial charge on any atom is -0.351 e. The first-order valence-corrected chi connectivity index (χ1v) is 9.57. The second-order valence-electron chi connectivity index (χ2n) is 6.07. The lowest BCUT2D eigenvalue weighted by Crippen LogP contribution is -2.36. The van der Waals surface area contributed by atoms with E-state index in [1.165, 1.54) is 12.1 Å². The predicted molar refractivity (Wildman–Crippen MR) is 97.0 cm³/mol. The van der Waals surface area contributed by atoms with Gasteiger partial charge in [0.2, 0.25) is 21.8 Å². The van der Waals surface area contributed by atoms with E-state index in [2.05, 4.69) is 15.4 Å². The molecule has 1 heterocycles. The van der Waals surface area contributed by atoms with E-state index in [1.807, 2.05) is 31.2 Å². The van der Waals surface area contributed by atoms with Crippen molar-refractivity contribution in [1.29, 1.82) is 0 Å². The second kappa shape index (κ2) is 7.27. The van der Waals surface area contributed by atoms with Crippen molar-refractivity contribution in [2.45, 2.75) is 24.8 Å². The summed E-state index contributed by atoms with van der Waals surface area (Å²) in [4.78, 5) is 23.3. The van der Waals surface area contributed by atoms with Gasteiger partial charge < -0.3 is 10.6 Å². The Morgan fingerprint density at radius 1 is 1.19 bits per heavy atom. The Balaban J connectivity index is 1.58. The number of amides is 2. The number of benzene rings is 2. The molecule has 0 unspecified atom stereocenters. The molecule has 0 aromatic heterocycles. The highest BCUT2D eigenvalue weighted by Crippen LogP contribution is 2.25. The molecular weight excluding hydrogens is 354 g/mol. The van der Waals surface area contributed by atoms with Crippen molar-refractivity contribution in [3.05, 3.63) is 59.2 Å². The minimum atomic E-state index is -3.84. The second-order valence-corrected chi connectivity index (χ2v) is 7.84. The molecule has 0 radical (unpaired) electrons. The Labute approximate surface area is 151 Å². The van der Waals surface area contributed by atoms with E-state index in [-0.39, 0.29) is 23.8 Å². The average molecular weight is 373 g/mol. The number of hydrogen-bond acceptors (Lipinski definition) is 4. The number of rotatable bonds is 6. The van der Waals surface area contributed by atoms with Gasteiger partial charge >= 0.3 is 0 Å². The van der Waals surface area contributed by atoms with E-state index in [0.717, 1.165) is 11.1 Å². The van der Waals surface area contributed by atoms with Crippen molar-refractivity contribution in [2.24, 2.45) is 0 Å². The van der Waals surface area contributed by atoms with Gasteiger partial charge in [-0.3, -0.25) is 9.59 Å². The van der Waals surface area contributed by atoms with Crippen LogP contribution in [0, 0.1) is 6.92 Å². The molecule has 0 bridgehead atoms. The largest absolute Gasteiger partial charge is 0.351 e. The molecule has 0 saturated carbocycles. The van der Waals surface area contributed by atoms with Crippen molar-refractivity contribution < 1.29 is 18.0 Å². The Kier molecular flexibility index (Phi) is 5.06. The maximum absolute atomic E-state index is 12.3. The van der Waals surface area contributed by atoms with Crippen LogP contribution in [0.1, 0.15) is 16.7 Å². The molecule has 3 rings (SSSR count). The number of sulfonamides is 1. The van der Waals surface area contributed by atoms with E-state index >= 15 is 0 Å². The molecule has 0 spiro atoms. The standard InChI is InChI=1S/C18H19N3O4S/c1-12-4-2-3-5-13(12)10-19-18(23)11-20-26(24,25)15-6-7-16-14(8-15)9-17(22)21-16/h2-8,20H,9-11H2,1H3,(H,19,23)(H,21,22). The number of carbonyl (C=O) groups excluding carboxylic acids is 2. The number of fused-ring (bicyclic) bond motifs is 1. The molecular formula is C18H19N3O4S. The quantitative estimate of drug-likeness (QED) is 0.705. The summed E-state index contributed by atoms with van der Waals surface area (Å²) in [6.45, 7) is 1.92. The fourth-order valence-corrected chi connectivity index (χ4v) is 3.71. The van der Waals surface area contributed by atoms with Crippen LogP contribution in [0.3, 0.4) is 0 Å². The van der Waals surface area contributed by atoms with Crippen LogP contribution in [0.25, 0.3) is 0 Å². The zero-order valence-corrected chi connectivity index (χ0v) is 15.0. The van der Waals surface area contributed by atoms with E-state index in [0.29, 0.717) is 17.8 Å². The summed E-state index contributed by atoms with van der Waals surface area (Å²) in [5, 5.41) is 5.34. The first-order chi connectivity index (χ1) is 12.3. The molecule has 7 nitrogen and oxygen atoms in total. The van der Waals surface area contributed by atoms with Gasteiger partial charge in [-0.05, 0) is 41.8 Å². The number of nitrogens with one attached hydrogen (secondary N) is 3. The van der Waals surface area contributed by atoms with Crippen LogP contribution in [-0.4, -0.2) is 26.8 Å². The van der Waals surface area contributed by atoms with Crippen LogP contribution in [0.5, 0.6) is 0 Å². The van der Waals surface area contributed by atoms with E-state index in [9.17, 15) is 18.0 Å². The number of carbonyl (C=O) groups is 2. The zero-order chi connectivity index (χ0) is 18.7. The van der Waals surface area contributed by atoms with Crippen LogP contribution in [-0.2, 0) is 32.6 Å². The van der Waals surface area contributed by atoms with Crippen molar-refractivity contribution in [3.63, 3.8) is 0 Å². The minimum absolute atomic E-state index is 0.0273.